The van der Waals surface area contributed by atoms with Gasteiger partial charge < -0.3 is 14.6 Å². The molecule has 1 amide bonds. The van der Waals surface area contributed by atoms with Crippen molar-refractivity contribution < 1.29 is 9.21 Å². The molecule has 4 nitrogen and oxygen atoms in total. The number of carbonyl (C=O) groups excluding carboxylic acids is 1. The number of amides is 1. The normalized spacial score (nSPS) is 29.9. The Morgan fingerprint density at radius 3 is 3.14 bits per heavy atom. The molecule has 0 aromatic carbocycles. The maximum Gasteiger partial charge on any atom is 0.289 e. The summed E-state index contributed by atoms with van der Waals surface area (Å²) in [5.41, 5.74) is 0. The molecule has 1 aromatic heterocycles. The summed E-state index contributed by atoms with van der Waals surface area (Å²) in [5, 5.41) is 3.31. The van der Waals surface area contributed by atoms with Crippen LogP contribution in [-0.2, 0) is 0 Å². The summed E-state index contributed by atoms with van der Waals surface area (Å²) in [6, 6.07) is 4.39. The molecule has 3 heterocycles. The molecule has 1 aromatic rings. The van der Waals surface area contributed by atoms with Crippen molar-refractivity contribution in [3.8, 4) is 0 Å². The predicted octanol–water partition coefficient (Wildman–Crippen LogP) is 0.466. The van der Waals surface area contributed by atoms with E-state index in [2.05, 4.69) is 5.32 Å². The number of rotatable bonds is 1. The number of hydrogen-bond acceptors (Lipinski definition) is 3. The van der Waals surface area contributed by atoms with Crippen molar-refractivity contribution in [3.63, 3.8) is 0 Å². The number of nitrogens with one attached hydrogen (secondary N) is 1. The third kappa shape index (κ3) is 1.00. The van der Waals surface area contributed by atoms with Gasteiger partial charge in [0.25, 0.3) is 5.91 Å². The molecule has 4 heteroatoms. The zero-order chi connectivity index (χ0) is 9.54. The SMILES string of the molecule is O=C(c1ccco1)N1CCC2NCC21. The van der Waals surface area contributed by atoms with Crippen LogP contribution in [0.1, 0.15) is 17.0 Å². The van der Waals surface area contributed by atoms with Crippen molar-refractivity contribution in [2.75, 3.05) is 13.1 Å². The van der Waals surface area contributed by atoms with Gasteiger partial charge in [-0.15, -0.1) is 0 Å². The lowest BCUT2D eigenvalue weighted by Crippen LogP contribution is -2.60. The van der Waals surface area contributed by atoms with E-state index in [4.69, 9.17) is 4.42 Å². The van der Waals surface area contributed by atoms with E-state index in [0.29, 0.717) is 17.8 Å². The average Bonchev–Trinajstić information content (AvgIpc) is 2.73. The molecule has 3 rings (SSSR count). The van der Waals surface area contributed by atoms with Gasteiger partial charge in [0.15, 0.2) is 5.76 Å². The van der Waals surface area contributed by atoms with Crippen LogP contribution in [0.15, 0.2) is 22.8 Å². The first-order valence-electron chi connectivity index (χ1n) is 4.94. The summed E-state index contributed by atoms with van der Waals surface area (Å²) >= 11 is 0. The third-order valence-electron chi connectivity index (χ3n) is 3.13. The molecule has 2 unspecified atom stereocenters. The highest BCUT2D eigenvalue weighted by Crippen LogP contribution is 2.25. The van der Waals surface area contributed by atoms with Gasteiger partial charge in [-0.3, -0.25) is 4.79 Å². The van der Waals surface area contributed by atoms with Crippen LogP contribution in [-0.4, -0.2) is 36.0 Å². The summed E-state index contributed by atoms with van der Waals surface area (Å²) in [6.07, 6.45) is 2.61. The van der Waals surface area contributed by atoms with Crippen LogP contribution in [0.4, 0.5) is 0 Å². The summed E-state index contributed by atoms with van der Waals surface area (Å²) in [7, 11) is 0. The summed E-state index contributed by atoms with van der Waals surface area (Å²) in [4.78, 5) is 13.8. The predicted molar refractivity (Wildman–Crippen MR) is 49.9 cm³/mol. The van der Waals surface area contributed by atoms with Gasteiger partial charge >= 0.3 is 0 Å². The molecule has 14 heavy (non-hydrogen) atoms. The van der Waals surface area contributed by atoms with E-state index in [1.54, 1.807) is 18.4 Å². The molecule has 74 valence electrons. The molecule has 2 atom stereocenters. The summed E-state index contributed by atoms with van der Waals surface area (Å²) in [5.74, 6) is 0.488. The Morgan fingerprint density at radius 2 is 2.57 bits per heavy atom. The number of fused-ring (bicyclic) bond motifs is 1. The van der Waals surface area contributed by atoms with E-state index < -0.39 is 0 Å². The Kier molecular flexibility index (Phi) is 1.64. The van der Waals surface area contributed by atoms with Gasteiger partial charge in [0.05, 0.1) is 12.3 Å². The first kappa shape index (κ1) is 8.05. The topological polar surface area (TPSA) is 45.5 Å². The van der Waals surface area contributed by atoms with E-state index >= 15 is 0 Å². The zero-order valence-corrected chi connectivity index (χ0v) is 7.77. The molecule has 2 saturated heterocycles. The quantitative estimate of drug-likeness (QED) is 0.703. The summed E-state index contributed by atoms with van der Waals surface area (Å²) in [6.45, 7) is 1.78. The van der Waals surface area contributed by atoms with Crippen LogP contribution in [0, 0.1) is 0 Å². The van der Waals surface area contributed by atoms with Crippen molar-refractivity contribution in [2.24, 2.45) is 0 Å². The van der Waals surface area contributed by atoms with Crippen molar-refractivity contribution in [1.29, 1.82) is 0 Å². The van der Waals surface area contributed by atoms with Crippen LogP contribution in [0.5, 0.6) is 0 Å². The Balaban J connectivity index is 1.80. The van der Waals surface area contributed by atoms with E-state index in [1.807, 2.05) is 4.90 Å². The second-order valence-corrected chi connectivity index (χ2v) is 3.85. The molecule has 2 aliphatic heterocycles. The Labute approximate surface area is 81.9 Å². The first-order chi connectivity index (χ1) is 6.86. The smallest absolute Gasteiger partial charge is 0.289 e. The molecular weight excluding hydrogens is 180 g/mol. The largest absolute Gasteiger partial charge is 0.459 e. The minimum absolute atomic E-state index is 0.0315. The van der Waals surface area contributed by atoms with E-state index in [0.717, 1.165) is 19.5 Å². The first-order valence-corrected chi connectivity index (χ1v) is 4.94. The number of carbonyl (C=O) groups is 1. The highest BCUT2D eigenvalue weighted by Gasteiger charge is 2.43. The maximum atomic E-state index is 11.9. The van der Waals surface area contributed by atoms with Crippen molar-refractivity contribution in [3.05, 3.63) is 24.2 Å². The van der Waals surface area contributed by atoms with E-state index in [1.165, 1.54) is 0 Å². The van der Waals surface area contributed by atoms with Crippen LogP contribution in [0.2, 0.25) is 0 Å². The van der Waals surface area contributed by atoms with Crippen LogP contribution >= 0.6 is 0 Å². The molecule has 0 bridgehead atoms. The van der Waals surface area contributed by atoms with E-state index in [9.17, 15) is 4.79 Å². The molecule has 0 radical (unpaired) electrons. The molecular formula is C10H12N2O2. The lowest BCUT2D eigenvalue weighted by molar-refractivity contribution is 0.0647. The molecule has 2 aliphatic rings. The molecule has 2 fully saturated rings. The van der Waals surface area contributed by atoms with Gasteiger partial charge in [-0.2, -0.15) is 0 Å². The van der Waals surface area contributed by atoms with Crippen LogP contribution in [0.25, 0.3) is 0 Å². The fourth-order valence-electron chi connectivity index (χ4n) is 2.25. The number of furan rings is 1. The molecule has 0 aliphatic carbocycles. The minimum Gasteiger partial charge on any atom is -0.459 e. The Hall–Kier alpha value is -1.29. The fraction of sp³-hybridized carbons (Fsp3) is 0.500. The number of hydrogen-bond donors (Lipinski definition) is 1. The highest BCUT2D eigenvalue weighted by molar-refractivity contribution is 5.92. The zero-order valence-electron chi connectivity index (χ0n) is 7.77. The second-order valence-electron chi connectivity index (χ2n) is 3.85. The van der Waals surface area contributed by atoms with Crippen LogP contribution in [0.3, 0.4) is 0 Å². The third-order valence-corrected chi connectivity index (χ3v) is 3.13. The van der Waals surface area contributed by atoms with Gasteiger partial charge in [-0.05, 0) is 18.6 Å². The van der Waals surface area contributed by atoms with Gasteiger partial charge in [-0.1, -0.05) is 0 Å². The monoisotopic (exact) mass is 192 g/mol. The van der Waals surface area contributed by atoms with Gasteiger partial charge in [0.2, 0.25) is 0 Å². The van der Waals surface area contributed by atoms with Gasteiger partial charge in [-0.25, -0.2) is 0 Å². The molecule has 0 saturated carbocycles. The minimum atomic E-state index is 0.0315. The van der Waals surface area contributed by atoms with E-state index in [-0.39, 0.29) is 5.91 Å². The van der Waals surface area contributed by atoms with Crippen molar-refractivity contribution in [2.45, 2.75) is 18.5 Å². The lowest BCUT2D eigenvalue weighted by Gasteiger charge is -2.36. The Morgan fingerprint density at radius 1 is 1.64 bits per heavy atom. The molecule has 1 N–H and O–H groups in total. The lowest BCUT2D eigenvalue weighted by atomic mass is 10.0. The standard InChI is InChI=1S/C10H12N2O2/c13-10(9-2-1-5-14-9)12-4-3-7-8(12)6-11-7/h1-2,5,7-8,11H,3-4,6H2. The second kappa shape index (κ2) is 2.85. The van der Waals surface area contributed by atoms with Crippen molar-refractivity contribution >= 4 is 5.91 Å². The fourth-order valence-corrected chi connectivity index (χ4v) is 2.25. The Bertz CT molecular complexity index is 347. The highest BCUT2D eigenvalue weighted by atomic mass is 16.3. The number of likely N-dealkylation sites (tertiary alicyclic amines) is 1. The number of nitrogens with zero attached hydrogens (tertiary/aromatic N) is 1. The maximum absolute atomic E-state index is 11.9. The van der Waals surface area contributed by atoms with Gasteiger partial charge in [0, 0.05) is 19.1 Å². The summed E-state index contributed by atoms with van der Waals surface area (Å²) < 4.78 is 5.10. The van der Waals surface area contributed by atoms with Gasteiger partial charge in [0.1, 0.15) is 0 Å². The van der Waals surface area contributed by atoms with Crippen molar-refractivity contribution in [1.82, 2.24) is 10.2 Å². The molecule has 0 spiro atoms. The van der Waals surface area contributed by atoms with Crippen LogP contribution < -0.4 is 5.32 Å². The average molecular weight is 192 g/mol.